The zero-order valence-electron chi connectivity index (χ0n) is 11.6. The van der Waals surface area contributed by atoms with Crippen molar-refractivity contribution in [2.45, 2.75) is 45.1 Å². The van der Waals surface area contributed by atoms with Crippen molar-refractivity contribution in [3.05, 3.63) is 24.3 Å². The van der Waals surface area contributed by atoms with Gasteiger partial charge in [0.2, 0.25) is 0 Å². The number of nitrogen functional groups attached to an aromatic ring is 1. The molecule has 0 unspecified atom stereocenters. The lowest BCUT2D eigenvalue weighted by atomic mass is 9.94. The predicted molar refractivity (Wildman–Crippen MR) is 79.1 cm³/mol. The summed E-state index contributed by atoms with van der Waals surface area (Å²) in [7, 11) is 0. The Morgan fingerprint density at radius 1 is 1.37 bits per heavy atom. The van der Waals surface area contributed by atoms with E-state index in [4.69, 9.17) is 5.73 Å². The minimum absolute atomic E-state index is 0.0139. The maximum atomic E-state index is 12.3. The fourth-order valence-electron chi connectivity index (χ4n) is 2.77. The minimum Gasteiger partial charge on any atom is -0.399 e. The van der Waals surface area contributed by atoms with Crippen LogP contribution >= 0.6 is 0 Å². The summed E-state index contributed by atoms with van der Waals surface area (Å²) in [5.74, 6) is 0. The van der Waals surface area contributed by atoms with Crippen molar-refractivity contribution in [2.24, 2.45) is 0 Å². The number of rotatable bonds is 3. The highest BCUT2D eigenvalue weighted by Gasteiger charge is 2.23. The third kappa shape index (κ3) is 3.63. The lowest BCUT2D eigenvalue weighted by Gasteiger charge is -2.33. The number of nitrogens with two attached hydrogens (primary N) is 1. The van der Waals surface area contributed by atoms with E-state index < -0.39 is 0 Å². The van der Waals surface area contributed by atoms with Gasteiger partial charge in [0.1, 0.15) is 0 Å². The molecule has 0 aliphatic heterocycles. The van der Waals surface area contributed by atoms with Gasteiger partial charge in [0, 0.05) is 24.0 Å². The van der Waals surface area contributed by atoms with Crippen molar-refractivity contribution in [3.8, 4) is 0 Å². The van der Waals surface area contributed by atoms with E-state index in [0.29, 0.717) is 11.7 Å². The number of urea groups is 1. The lowest BCUT2D eigenvalue weighted by Crippen LogP contribution is -2.43. The first kappa shape index (κ1) is 13.7. The molecule has 1 aromatic rings. The van der Waals surface area contributed by atoms with E-state index in [1.807, 2.05) is 30.0 Å². The molecule has 0 spiro atoms. The summed E-state index contributed by atoms with van der Waals surface area (Å²) < 4.78 is 0. The zero-order chi connectivity index (χ0) is 13.7. The lowest BCUT2D eigenvalue weighted by molar-refractivity contribution is 0.172. The van der Waals surface area contributed by atoms with Gasteiger partial charge < -0.3 is 16.0 Å². The number of nitrogens with one attached hydrogen (secondary N) is 1. The summed E-state index contributed by atoms with van der Waals surface area (Å²) in [5.41, 5.74) is 7.15. The highest BCUT2D eigenvalue weighted by molar-refractivity contribution is 5.90. The predicted octanol–water partition coefficient (Wildman–Crippen LogP) is 3.46. The molecule has 4 nitrogen and oxygen atoms in total. The molecule has 1 fully saturated rings. The van der Waals surface area contributed by atoms with Crippen molar-refractivity contribution in [3.63, 3.8) is 0 Å². The van der Waals surface area contributed by atoms with Gasteiger partial charge in [0.05, 0.1) is 0 Å². The topological polar surface area (TPSA) is 58.4 Å². The van der Waals surface area contributed by atoms with Gasteiger partial charge in [-0.15, -0.1) is 0 Å². The largest absolute Gasteiger partial charge is 0.399 e. The summed E-state index contributed by atoms with van der Waals surface area (Å²) in [5, 5.41) is 2.94. The van der Waals surface area contributed by atoms with Crippen LogP contribution in [0.2, 0.25) is 0 Å². The Morgan fingerprint density at radius 2 is 2.11 bits per heavy atom. The van der Waals surface area contributed by atoms with Gasteiger partial charge in [-0.3, -0.25) is 0 Å². The normalized spacial score (nSPS) is 16.1. The first-order chi connectivity index (χ1) is 9.20. The number of benzene rings is 1. The number of anilines is 2. The second kappa shape index (κ2) is 6.45. The van der Waals surface area contributed by atoms with Crippen LogP contribution in [-0.2, 0) is 0 Å². The first-order valence-electron chi connectivity index (χ1n) is 7.14. The maximum Gasteiger partial charge on any atom is 0.322 e. The Kier molecular flexibility index (Phi) is 4.66. The minimum atomic E-state index is -0.0139. The van der Waals surface area contributed by atoms with E-state index in [9.17, 15) is 4.79 Å². The van der Waals surface area contributed by atoms with Crippen LogP contribution in [0.15, 0.2) is 24.3 Å². The molecule has 2 amide bonds. The number of nitrogens with zero attached hydrogens (tertiary/aromatic N) is 1. The van der Waals surface area contributed by atoms with Gasteiger partial charge in [-0.25, -0.2) is 4.79 Å². The van der Waals surface area contributed by atoms with Crippen LogP contribution in [0.1, 0.15) is 39.0 Å². The Hall–Kier alpha value is -1.71. The van der Waals surface area contributed by atoms with Crippen LogP contribution in [0.3, 0.4) is 0 Å². The number of hydrogen-bond donors (Lipinski definition) is 2. The summed E-state index contributed by atoms with van der Waals surface area (Å²) in [6.07, 6.45) is 6.00. The fraction of sp³-hybridized carbons (Fsp3) is 0.533. The van der Waals surface area contributed by atoms with E-state index in [1.165, 1.54) is 19.3 Å². The molecular weight excluding hydrogens is 238 g/mol. The van der Waals surface area contributed by atoms with Gasteiger partial charge in [-0.1, -0.05) is 25.3 Å². The second-order valence-electron chi connectivity index (χ2n) is 5.13. The van der Waals surface area contributed by atoms with E-state index in [1.54, 1.807) is 6.07 Å². The highest BCUT2D eigenvalue weighted by Crippen LogP contribution is 2.23. The van der Waals surface area contributed by atoms with Gasteiger partial charge in [0.15, 0.2) is 0 Å². The maximum absolute atomic E-state index is 12.3. The molecule has 19 heavy (non-hydrogen) atoms. The van der Waals surface area contributed by atoms with Crippen molar-refractivity contribution in [2.75, 3.05) is 17.6 Å². The fourth-order valence-corrected chi connectivity index (χ4v) is 2.77. The van der Waals surface area contributed by atoms with E-state index in [-0.39, 0.29) is 6.03 Å². The summed E-state index contributed by atoms with van der Waals surface area (Å²) in [6, 6.07) is 7.69. The molecule has 0 radical (unpaired) electrons. The number of amides is 2. The second-order valence-corrected chi connectivity index (χ2v) is 5.13. The number of hydrogen-bond acceptors (Lipinski definition) is 2. The average Bonchev–Trinajstić information content (AvgIpc) is 2.41. The quantitative estimate of drug-likeness (QED) is 0.819. The molecule has 0 heterocycles. The average molecular weight is 261 g/mol. The highest BCUT2D eigenvalue weighted by atomic mass is 16.2. The molecule has 0 atom stereocenters. The molecular formula is C15H23N3O. The zero-order valence-corrected chi connectivity index (χ0v) is 11.6. The molecule has 104 valence electrons. The Balaban J connectivity index is 2.00. The van der Waals surface area contributed by atoms with Crippen molar-refractivity contribution >= 4 is 17.4 Å². The Morgan fingerprint density at radius 3 is 2.74 bits per heavy atom. The third-order valence-electron chi connectivity index (χ3n) is 3.75. The first-order valence-corrected chi connectivity index (χ1v) is 7.14. The molecule has 1 aliphatic carbocycles. The van der Waals surface area contributed by atoms with E-state index in [2.05, 4.69) is 5.32 Å². The van der Waals surface area contributed by atoms with Crippen LogP contribution in [0.25, 0.3) is 0 Å². The van der Waals surface area contributed by atoms with E-state index in [0.717, 1.165) is 25.1 Å². The standard InChI is InChI=1S/C15H23N3O/c1-2-18(14-9-4-3-5-10-14)15(19)17-13-8-6-7-12(16)11-13/h6-8,11,14H,2-5,9-10,16H2,1H3,(H,17,19). The SMILES string of the molecule is CCN(C(=O)Nc1cccc(N)c1)C1CCCCC1. The van der Waals surface area contributed by atoms with Crippen LogP contribution in [0, 0.1) is 0 Å². The Labute approximate surface area is 115 Å². The van der Waals surface area contributed by atoms with Crippen LogP contribution in [0.5, 0.6) is 0 Å². The molecule has 2 rings (SSSR count). The molecule has 1 saturated carbocycles. The Bertz CT molecular complexity index is 427. The van der Waals surface area contributed by atoms with Crippen LogP contribution < -0.4 is 11.1 Å². The summed E-state index contributed by atoms with van der Waals surface area (Å²) in [4.78, 5) is 14.3. The molecule has 1 aliphatic rings. The van der Waals surface area contributed by atoms with Gasteiger partial charge in [-0.05, 0) is 38.0 Å². The van der Waals surface area contributed by atoms with Crippen molar-refractivity contribution < 1.29 is 4.79 Å². The molecule has 3 N–H and O–H groups in total. The summed E-state index contributed by atoms with van der Waals surface area (Å²) >= 11 is 0. The van der Waals surface area contributed by atoms with E-state index >= 15 is 0 Å². The third-order valence-corrected chi connectivity index (χ3v) is 3.75. The smallest absolute Gasteiger partial charge is 0.322 e. The van der Waals surface area contributed by atoms with Crippen molar-refractivity contribution in [1.29, 1.82) is 0 Å². The molecule has 0 aromatic heterocycles. The molecule has 0 saturated heterocycles. The molecule has 4 heteroatoms. The van der Waals surface area contributed by atoms with Crippen LogP contribution in [0.4, 0.5) is 16.2 Å². The number of carbonyl (C=O) groups excluding carboxylic acids is 1. The monoisotopic (exact) mass is 261 g/mol. The number of carbonyl (C=O) groups is 1. The van der Waals surface area contributed by atoms with Crippen LogP contribution in [-0.4, -0.2) is 23.5 Å². The molecule has 1 aromatic carbocycles. The van der Waals surface area contributed by atoms with Crippen molar-refractivity contribution in [1.82, 2.24) is 4.90 Å². The molecule has 0 bridgehead atoms. The van der Waals surface area contributed by atoms with Gasteiger partial charge in [-0.2, -0.15) is 0 Å². The summed E-state index contributed by atoms with van der Waals surface area (Å²) in [6.45, 7) is 2.78. The van der Waals surface area contributed by atoms with Gasteiger partial charge in [0.25, 0.3) is 0 Å². The van der Waals surface area contributed by atoms with Gasteiger partial charge >= 0.3 is 6.03 Å².